The monoisotopic (exact) mass is 633 g/mol. The maximum atomic E-state index is 14.0. The minimum absolute atomic E-state index is 0.0312. The van der Waals surface area contributed by atoms with Crippen LogP contribution in [0, 0.1) is 11.7 Å². The summed E-state index contributed by atoms with van der Waals surface area (Å²) < 4.78 is 20.2. The minimum atomic E-state index is -0.935. The Balaban J connectivity index is 1.36. The average Bonchev–Trinajstić information content (AvgIpc) is 3.45. The highest BCUT2D eigenvalue weighted by atomic mass is 32.2. The number of thioether (sulfide) groups is 1. The van der Waals surface area contributed by atoms with E-state index in [4.69, 9.17) is 4.74 Å². The number of amides is 3. The van der Waals surface area contributed by atoms with Crippen molar-refractivity contribution in [1.29, 1.82) is 0 Å². The van der Waals surface area contributed by atoms with Gasteiger partial charge in [0.05, 0.1) is 28.8 Å². The molecule has 2 N–H and O–H groups in total. The molecule has 3 aromatic carbocycles. The molecule has 0 bridgehead atoms. The highest BCUT2D eigenvalue weighted by Crippen LogP contribution is 2.53. The molecule has 3 heterocycles. The lowest BCUT2D eigenvalue weighted by Crippen LogP contribution is -2.33. The number of hydrogen-bond acceptors (Lipinski definition) is 9. The predicted molar refractivity (Wildman–Crippen MR) is 162 cm³/mol. The van der Waals surface area contributed by atoms with Crippen molar-refractivity contribution in [3.8, 4) is 5.75 Å². The second kappa shape index (κ2) is 11.7. The fourth-order valence-electron chi connectivity index (χ4n) is 5.39. The van der Waals surface area contributed by atoms with Gasteiger partial charge in [-0.2, -0.15) is 0 Å². The summed E-state index contributed by atoms with van der Waals surface area (Å²) in [5.74, 6) is -4.15. The Kier molecular flexibility index (Phi) is 7.82. The fraction of sp³-hybridized carbons (Fsp3) is 0.194. The largest absolute Gasteiger partial charge is 0.508 e. The number of ether oxygens (including phenoxy) is 1. The quantitative estimate of drug-likeness (QED) is 0.174. The fourth-order valence-corrected chi connectivity index (χ4v) is 8.16. The number of thiazole rings is 1. The lowest BCUT2D eigenvalue weighted by Gasteiger charge is -2.30. The number of nitrogens with one attached hydrogen (secondary N) is 1. The van der Waals surface area contributed by atoms with Gasteiger partial charge >= 0.3 is 10.8 Å². The molecule has 0 radical (unpaired) electrons. The van der Waals surface area contributed by atoms with Gasteiger partial charge in [0.1, 0.15) is 23.4 Å². The van der Waals surface area contributed by atoms with Crippen molar-refractivity contribution in [3.63, 3.8) is 0 Å². The summed E-state index contributed by atoms with van der Waals surface area (Å²) in [5.41, 5.74) is 1.51. The zero-order valence-corrected chi connectivity index (χ0v) is 24.7. The number of halogens is 1. The number of benzene rings is 3. The van der Waals surface area contributed by atoms with E-state index >= 15 is 0 Å². The normalized spacial score (nSPS) is 19.0. The Morgan fingerprint density at radius 3 is 2.30 bits per heavy atom. The maximum Gasteiger partial charge on any atom is 0.338 e. The number of phenolic OH excluding ortho intramolecular Hbond substituents is 1. The first-order valence-electron chi connectivity index (χ1n) is 13.6. The summed E-state index contributed by atoms with van der Waals surface area (Å²) in [6.45, 7) is 1.53. The number of carbonyl (C=O) groups excluding carboxylic acids is 4. The van der Waals surface area contributed by atoms with Crippen molar-refractivity contribution in [3.05, 3.63) is 104 Å². The second-order valence-electron chi connectivity index (χ2n) is 10.1. The lowest BCUT2D eigenvalue weighted by molar-refractivity contribution is -0.122. The van der Waals surface area contributed by atoms with Gasteiger partial charge in [-0.15, -0.1) is 0 Å². The van der Waals surface area contributed by atoms with Gasteiger partial charge in [-0.3, -0.25) is 23.7 Å². The summed E-state index contributed by atoms with van der Waals surface area (Å²) in [4.78, 5) is 67.3. The van der Waals surface area contributed by atoms with Crippen LogP contribution in [0.1, 0.15) is 33.6 Å². The van der Waals surface area contributed by atoms with Gasteiger partial charge in [-0.05, 0) is 73.2 Å². The summed E-state index contributed by atoms with van der Waals surface area (Å²) in [7, 11) is 0. The third kappa shape index (κ3) is 5.28. The zero-order chi connectivity index (χ0) is 31.1. The van der Waals surface area contributed by atoms with Crippen molar-refractivity contribution in [2.45, 2.75) is 29.7 Å². The zero-order valence-electron chi connectivity index (χ0n) is 23.1. The smallest absolute Gasteiger partial charge is 0.338 e. The number of rotatable bonds is 7. The van der Waals surface area contributed by atoms with E-state index in [-0.39, 0.29) is 30.2 Å². The van der Waals surface area contributed by atoms with Crippen molar-refractivity contribution >= 4 is 58.2 Å². The van der Waals surface area contributed by atoms with E-state index in [1.807, 2.05) is 0 Å². The van der Waals surface area contributed by atoms with Crippen molar-refractivity contribution in [1.82, 2.24) is 4.57 Å². The van der Waals surface area contributed by atoms with Crippen LogP contribution in [0.3, 0.4) is 0 Å². The van der Waals surface area contributed by atoms with E-state index in [0.717, 1.165) is 28.0 Å². The molecule has 3 amide bonds. The number of aromatic hydroxyl groups is 1. The molecule has 4 aromatic rings. The summed E-state index contributed by atoms with van der Waals surface area (Å²) >= 11 is 1.93. The molecule has 224 valence electrons. The maximum absolute atomic E-state index is 14.0. The molecule has 1 aromatic heterocycles. The number of phenols is 1. The Morgan fingerprint density at radius 2 is 1.64 bits per heavy atom. The number of anilines is 2. The molecule has 3 atom stereocenters. The molecule has 3 unspecified atom stereocenters. The molecule has 2 aliphatic heterocycles. The summed E-state index contributed by atoms with van der Waals surface area (Å²) in [5, 5.41) is 11.6. The molecule has 44 heavy (non-hydrogen) atoms. The Labute approximate surface area is 258 Å². The number of carbonyl (C=O) groups is 4. The molecule has 6 rings (SSSR count). The number of hydrogen-bond donors (Lipinski definition) is 2. The van der Waals surface area contributed by atoms with Gasteiger partial charge in [0.2, 0.25) is 17.7 Å². The number of fused-ring (bicyclic) bond motifs is 2. The SMILES string of the molecule is CCOC(=O)c1ccc(N2C(=O)C3Sc4c(sc(=O)n4CC(=O)Nc4ccc(O)cc4)C(c4ccc(F)cc4)C3C2=O)cc1. The topological polar surface area (TPSA) is 135 Å². The third-order valence-electron chi connectivity index (χ3n) is 7.37. The van der Waals surface area contributed by atoms with Crippen LogP contribution in [0.5, 0.6) is 5.75 Å². The van der Waals surface area contributed by atoms with Crippen molar-refractivity contribution < 1.29 is 33.4 Å². The minimum Gasteiger partial charge on any atom is -0.508 e. The lowest BCUT2D eigenvalue weighted by atomic mass is 9.83. The number of imide groups is 1. The average molecular weight is 634 g/mol. The highest BCUT2D eigenvalue weighted by Gasteiger charge is 2.56. The molecule has 10 nitrogen and oxygen atoms in total. The molecule has 0 aliphatic carbocycles. The van der Waals surface area contributed by atoms with Crippen LogP contribution in [-0.2, 0) is 25.7 Å². The van der Waals surface area contributed by atoms with Gasteiger partial charge in [0.25, 0.3) is 0 Å². The first-order chi connectivity index (χ1) is 21.2. The number of esters is 1. The highest BCUT2D eigenvalue weighted by molar-refractivity contribution is 8.00. The molecule has 0 spiro atoms. The first-order valence-corrected chi connectivity index (χ1v) is 15.3. The van der Waals surface area contributed by atoms with Gasteiger partial charge in [0.15, 0.2) is 0 Å². The van der Waals surface area contributed by atoms with Crippen molar-refractivity contribution in [2.24, 2.45) is 5.92 Å². The Morgan fingerprint density at radius 1 is 0.955 bits per heavy atom. The van der Waals surface area contributed by atoms with Crippen LogP contribution in [0.15, 0.2) is 82.6 Å². The molecule has 13 heteroatoms. The van der Waals surface area contributed by atoms with Crippen LogP contribution in [0.25, 0.3) is 0 Å². The van der Waals surface area contributed by atoms with E-state index in [9.17, 15) is 33.5 Å². The van der Waals surface area contributed by atoms with E-state index in [1.54, 1.807) is 6.92 Å². The standard InChI is InChI=1S/C31H24FN3O7S2/c1-2-42-30(40)17-5-11-20(12-6-17)35-27(38)24-23(16-3-7-18(32)8-4-16)26-29(43-25(24)28(35)39)34(31(41)44-26)15-22(37)33-19-9-13-21(36)14-10-19/h3-14,23-25,36H,2,15H2,1H3,(H,33,37). The first kappa shape index (κ1) is 29.3. The molecule has 1 saturated heterocycles. The van der Waals surface area contributed by atoms with Gasteiger partial charge in [-0.25, -0.2) is 14.1 Å². The Bertz CT molecular complexity index is 1840. The van der Waals surface area contributed by atoms with E-state index in [2.05, 4.69) is 5.32 Å². The Hall–Kier alpha value is -4.75. The van der Waals surface area contributed by atoms with Crippen LogP contribution < -0.4 is 15.1 Å². The molecular weight excluding hydrogens is 609 g/mol. The van der Waals surface area contributed by atoms with Crippen LogP contribution in [0.2, 0.25) is 0 Å². The summed E-state index contributed by atoms with van der Waals surface area (Å²) in [6, 6.07) is 17.4. The molecule has 0 saturated carbocycles. The van der Waals surface area contributed by atoms with E-state index < -0.39 is 51.5 Å². The van der Waals surface area contributed by atoms with Gasteiger partial charge in [-0.1, -0.05) is 35.2 Å². The van der Waals surface area contributed by atoms with Gasteiger partial charge in [0, 0.05) is 16.5 Å². The van der Waals surface area contributed by atoms with E-state index in [0.29, 0.717) is 21.2 Å². The van der Waals surface area contributed by atoms with Crippen molar-refractivity contribution in [2.75, 3.05) is 16.8 Å². The molecule has 2 aliphatic rings. The molecule has 1 fully saturated rings. The van der Waals surface area contributed by atoms with Crippen LogP contribution in [0.4, 0.5) is 15.8 Å². The van der Waals surface area contributed by atoms with Crippen LogP contribution >= 0.6 is 23.1 Å². The van der Waals surface area contributed by atoms with Crippen LogP contribution in [-0.4, -0.2) is 45.2 Å². The second-order valence-corrected chi connectivity index (χ2v) is 12.2. The van der Waals surface area contributed by atoms with E-state index in [1.165, 1.54) is 77.4 Å². The number of aromatic nitrogens is 1. The molecular formula is C31H24FN3O7S2. The predicted octanol–water partition coefficient (Wildman–Crippen LogP) is 4.37. The summed E-state index contributed by atoms with van der Waals surface area (Å²) in [6.07, 6.45) is 0. The number of nitrogens with zero attached hydrogens (tertiary/aromatic N) is 2. The third-order valence-corrected chi connectivity index (χ3v) is 9.97. The van der Waals surface area contributed by atoms with Gasteiger partial charge < -0.3 is 15.2 Å².